The van der Waals surface area contributed by atoms with Crippen LogP contribution in [0, 0.1) is 0 Å². The highest BCUT2D eigenvalue weighted by Crippen LogP contribution is 2.21. The first kappa shape index (κ1) is 15.2. The molecular weight excluding hydrogens is 232 g/mol. The van der Waals surface area contributed by atoms with Gasteiger partial charge in [-0.3, -0.25) is 0 Å². The number of rotatable bonds is 8. The maximum atomic E-state index is 10.5. The first-order valence-corrected chi connectivity index (χ1v) is 6.77. The zero-order valence-electron chi connectivity index (χ0n) is 11.2. The quantitative estimate of drug-likeness (QED) is 0.412. The molecule has 1 rings (SSSR count). The summed E-state index contributed by atoms with van der Waals surface area (Å²) in [5, 5.41) is 8.64. The van der Waals surface area contributed by atoms with Gasteiger partial charge in [-0.05, 0) is 32.6 Å². The molecule has 4 heteroatoms. The Morgan fingerprint density at radius 2 is 2.06 bits per heavy atom. The molecule has 0 spiro atoms. The van der Waals surface area contributed by atoms with Crippen molar-refractivity contribution in [2.24, 2.45) is 0 Å². The maximum absolute atomic E-state index is 10.5. The van der Waals surface area contributed by atoms with Crippen LogP contribution >= 0.6 is 0 Å². The van der Waals surface area contributed by atoms with Crippen LogP contribution in [-0.4, -0.2) is 30.1 Å². The maximum Gasteiger partial charge on any atom is 0.330 e. The highest BCUT2D eigenvalue weighted by atomic mass is 16.7. The lowest BCUT2D eigenvalue weighted by Gasteiger charge is -2.25. The van der Waals surface area contributed by atoms with Crippen molar-refractivity contribution in [3.8, 4) is 0 Å². The third kappa shape index (κ3) is 6.17. The van der Waals surface area contributed by atoms with Crippen molar-refractivity contribution in [2.75, 3.05) is 6.61 Å². The number of hydrogen-bond acceptors (Lipinski definition) is 3. The molecule has 4 nitrogen and oxygen atoms in total. The highest BCUT2D eigenvalue weighted by Gasteiger charge is 2.16. The molecule has 1 N–H and O–H groups in total. The SMILES string of the molecule is C=C(CCCOC(C)OC1CCCCC1)C(=O)O. The first-order valence-electron chi connectivity index (χ1n) is 6.77. The van der Waals surface area contributed by atoms with Gasteiger partial charge in [-0.2, -0.15) is 0 Å². The van der Waals surface area contributed by atoms with Gasteiger partial charge in [0, 0.05) is 5.57 Å². The number of carboxylic acids is 1. The molecule has 0 radical (unpaired) electrons. The van der Waals surface area contributed by atoms with Crippen LogP contribution in [0.25, 0.3) is 0 Å². The molecule has 0 aromatic heterocycles. The van der Waals surface area contributed by atoms with Crippen molar-refractivity contribution < 1.29 is 19.4 Å². The van der Waals surface area contributed by atoms with Crippen LogP contribution < -0.4 is 0 Å². The monoisotopic (exact) mass is 256 g/mol. The number of hydrogen-bond donors (Lipinski definition) is 1. The fourth-order valence-corrected chi connectivity index (χ4v) is 2.15. The molecular formula is C14H24O4. The molecule has 0 aromatic rings. The fraction of sp³-hybridized carbons (Fsp3) is 0.786. The predicted molar refractivity (Wildman–Crippen MR) is 69.4 cm³/mol. The Kier molecular flexibility index (Phi) is 6.98. The van der Waals surface area contributed by atoms with E-state index in [0.717, 1.165) is 12.8 Å². The number of aliphatic carboxylic acids is 1. The minimum Gasteiger partial charge on any atom is -0.478 e. The molecule has 18 heavy (non-hydrogen) atoms. The highest BCUT2D eigenvalue weighted by molar-refractivity contribution is 5.85. The third-order valence-corrected chi connectivity index (χ3v) is 3.21. The van der Waals surface area contributed by atoms with Crippen LogP contribution in [0.4, 0.5) is 0 Å². The minimum absolute atomic E-state index is 0.203. The van der Waals surface area contributed by atoms with E-state index in [1.165, 1.54) is 19.3 Å². The Balaban J connectivity index is 2.04. The van der Waals surface area contributed by atoms with Crippen LogP contribution in [0.1, 0.15) is 51.9 Å². The zero-order valence-corrected chi connectivity index (χ0v) is 11.2. The summed E-state index contributed by atoms with van der Waals surface area (Å²) in [6, 6.07) is 0. The van der Waals surface area contributed by atoms with Crippen molar-refractivity contribution in [1.82, 2.24) is 0 Å². The fourth-order valence-electron chi connectivity index (χ4n) is 2.15. The van der Waals surface area contributed by atoms with E-state index in [9.17, 15) is 4.79 Å². The molecule has 1 saturated carbocycles. The molecule has 1 unspecified atom stereocenters. The summed E-state index contributed by atoms with van der Waals surface area (Å²) in [5.74, 6) is -0.929. The smallest absolute Gasteiger partial charge is 0.330 e. The van der Waals surface area contributed by atoms with Gasteiger partial charge < -0.3 is 14.6 Å². The van der Waals surface area contributed by atoms with Gasteiger partial charge in [-0.15, -0.1) is 0 Å². The Morgan fingerprint density at radius 1 is 1.39 bits per heavy atom. The van der Waals surface area contributed by atoms with Crippen molar-refractivity contribution >= 4 is 5.97 Å². The van der Waals surface area contributed by atoms with Crippen LogP contribution in [0.3, 0.4) is 0 Å². The summed E-state index contributed by atoms with van der Waals surface area (Å²) in [6.07, 6.45) is 7.33. The number of carboxylic acid groups (broad SMARTS) is 1. The topological polar surface area (TPSA) is 55.8 Å². The molecule has 0 bridgehead atoms. The standard InChI is InChI=1S/C14H24O4/c1-11(14(15)16)7-6-10-17-12(2)18-13-8-4-3-5-9-13/h12-13H,1,3-10H2,2H3,(H,15,16). The second-order valence-corrected chi connectivity index (χ2v) is 4.85. The van der Waals surface area contributed by atoms with Crippen molar-refractivity contribution in [3.05, 3.63) is 12.2 Å². The predicted octanol–water partition coefficient (Wildman–Crippen LogP) is 3.12. The third-order valence-electron chi connectivity index (χ3n) is 3.21. The number of carbonyl (C=O) groups is 1. The second kappa shape index (κ2) is 8.27. The van der Waals surface area contributed by atoms with E-state index in [1.54, 1.807) is 0 Å². The van der Waals surface area contributed by atoms with Gasteiger partial charge >= 0.3 is 5.97 Å². The average molecular weight is 256 g/mol. The van der Waals surface area contributed by atoms with Crippen LogP contribution in [0.2, 0.25) is 0 Å². The van der Waals surface area contributed by atoms with E-state index in [2.05, 4.69) is 6.58 Å². The van der Waals surface area contributed by atoms with E-state index in [1.807, 2.05) is 6.92 Å². The van der Waals surface area contributed by atoms with Crippen molar-refractivity contribution in [2.45, 2.75) is 64.3 Å². The molecule has 104 valence electrons. The van der Waals surface area contributed by atoms with Crippen LogP contribution in [0.5, 0.6) is 0 Å². The summed E-state index contributed by atoms with van der Waals surface area (Å²) < 4.78 is 11.3. The van der Waals surface area contributed by atoms with Crippen molar-refractivity contribution in [1.29, 1.82) is 0 Å². The van der Waals surface area contributed by atoms with Gasteiger partial charge in [0.2, 0.25) is 0 Å². The molecule has 0 aliphatic heterocycles. The van der Waals surface area contributed by atoms with Gasteiger partial charge in [0.05, 0.1) is 12.7 Å². The summed E-state index contributed by atoms with van der Waals surface area (Å²) in [7, 11) is 0. The Morgan fingerprint density at radius 3 is 2.67 bits per heavy atom. The van der Waals surface area contributed by atoms with Gasteiger partial charge in [-0.1, -0.05) is 25.8 Å². The second-order valence-electron chi connectivity index (χ2n) is 4.85. The summed E-state index contributed by atoms with van der Waals surface area (Å²) in [6.45, 7) is 5.90. The number of ether oxygens (including phenoxy) is 2. The van der Waals surface area contributed by atoms with E-state index < -0.39 is 5.97 Å². The molecule has 0 saturated heterocycles. The van der Waals surface area contributed by atoms with Gasteiger partial charge in [-0.25, -0.2) is 4.79 Å². The molecule has 1 aliphatic rings. The normalized spacial score (nSPS) is 18.5. The van der Waals surface area contributed by atoms with Crippen LogP contribution in [-0.2, 0) is 14.3 Å². The molecule has 0 aromatic carbocycles. The molecule has 0 heterocycles. The first-order chi connectivity index (χ1) is 8.59. The molecule has 1 fully saturated rings. The average Bonchev–Trinajstić information content (AvgIpc) is 2.35. The Hall–Kier alpha value is -0.870. The molecule has 1 aliphatic carbocycles. The Bertz CT molecular complexity index is 269. The summed E-state index contributed by atoms with van der Waals surface area (Å²) >= 11 is 0. The van der Waals surface area contributed by atoms with Crippen LogP contribution in [0.15, 0.2) is 12.2 Å². The Labute approximate surface area is 109 Å². The van der Waals surface area contributed by atoms with E-state index in [4.69, 9.17) is 14.6 Å². The summed E-state index contributed by atoms with van der Waals surface area (Å²) in [5.41, 5.74) is 0.236. The van der Waals surface area contributed by atoms with E-state index >= 15 is 0 Å². The lowest BCUT2D eigenvalue weighted by Crippen LogP contribution is -2.24. The van der Waals surface area contributed by atoms with E-state index in [-0.39, 0.29) is 11.9 Å². The van der Waals surface area contributed by atoms with Crippen molar-refractivity contribution in [3.63, 3.8) is 0 Å². The largest absolute Gasteiger partial charge is 0.478 e. The molecule has 0 amide bonds. The molecule has 1 atom stereocenters. The lowest BCUT2D eigenvalue weighted by molar-refractivity contribution is -0.166. The van der Waals surface area contributed by atoms with Gasteiger partial charge in [0.25, 0.3) is 0 Å². The lowest BCUT2D eigenvalue weighted by atomic mass is 9.98. The van der Waals surface area contributed by atoms with E-state index in [0.29, 0.717) is 25.6 Å². The minimum atomic E-state index is -0.929. The zero-order chi connectivity index (χ0) is 13.4. The van der Waals surface area contributed by atoms with Gasteiger partial charge in [0.15, 0.2) is 6.29 Å². The van der Waals surface area contributed by atoms with Gasteiger partial charge in [0.1, 0.15) is 0 Å². The summed E-state index contributed by atoms with van der Waals surface area (Å²) in [4.78, 5) is 10.5.